The molecule has 0 spiro atoms. The first kappa shape index (κ1) is 14.9. The maximum Gasteiger partial charge on any atom is 0.258 e. The van der Waals surface area contributed by atoms with Crippen molar-refractivity contribution >= 4 is 11.6 Å². The summed E-state index contributed by atoms with van der Waals surface area (Å²) in [4.78, 5) is 14.9. The molecule has 4 rings (SSSR count). The van der Waals surface area contributed by atoms with E-state index in [2.05, 4.69) is 29.2 Å². The van der Waals surface area contributed by atoms with Crippen LogP contribution in [0.15, 0.2) is 35.2 Å². The maximum atomic E-state index is 13.1. The molecule has 1 atom stereocenters. The molecular formula is C17H19N5O2. The van der Waals surface area contributed by atoms with Crippen LogP contribution in [0.2, 0.25) is 0 Å². The van der Waals surface area contributed by atoms with Crippen molar-refractivity contribution in [3.05, 3.63) is 47.7 Å². The predicted octanol–water partition coefficient (Wildman–Crippen LogP) is 2.82. The Morgan fingerprint density at radius 2 is 2.29 bits per heavy atom. The Balaban J connectivity index is 1.67. The minimum Gasteiger partial charge on any atom is -0.361 e. The van der Waals surface area contributed by atoms with E-state index in [4.69, 9.17) is 4.52 Å². The maximum absolute atomic E-state index is 13.1. The second kappa shape index (κ2) is 5.74. The molecule has 0 saturated carbocycles. The van der Waals surface area contributed by atoms with Crippen molar-refractivity contribution in [1.82, 2.24) is 24.7 Å². The second-order valence-electron chi connectivity index (χ2n) is 6.45. The second-order valence-corrected chi connectivity index (χ2v) is 6.45. The molecule has 7 heteroatoms. The zero-order valence-electron chi connectivity index (χ0n) is 13.7. The van der Waals surface area contributed by atoms with Gasteiger partial charge in [0.2, 0.25) is 0 Å². The molecule has 3 aromatic rings. The first-order chi connectivity index (χ1) is 11.6. The van der Waals surface area contributed by atoms with Crippen molar-refractivity contribution in [2.24, 2.45) is 0 Å². The van der Waals surface area contributed by atoms with Crippen molar-refractivity contribution in [2.45, 2.75) is 38.6 Å². The summed E-state index contributed by atoms with van der Waals surface area (Å²) in [6, 6.07) is 5.56. The van der Waals surface area contributed by atoms with Gasteiger partial charge in [-0.15, -0.1) is 10.2 Å². The number of hydrogen-bond acceptors (Lipinski definition) is 5. The number of fused-ring (bicyclic) bond motifs is 1. The largest absolute Gasteiger partial charge is 0.361 e. The molecule has 1 saturated heterocycles. The molecule has 7 nitrogen and oxygen atoms in total. The number of aromatic nitrogens is 4. The molecule has 3 aromatic heterocycles. The van der Waals surface area contributed by atoms with E-state index in [-0.39, 0.29) is 17.9 Å². The minimum absolute atomic E-state index is 0.0369. The Labute approximate surface area is 139 Å². The molecule has 124 valence electrons. The SMILES string of the molecule is CC(C)c1cc([C@H]2CCCN2C(=O)c2cccn3cnnc23)no1. The summed E-state index contributed by atoms with van der Waals surface area (Å²) in [7, 11) is 0. The smallest absolute Gasteiger partial charge is 0.258 e. The predicted molar refractivity (Wildman–Crippen MR) is 86.6 cm³/mol. The molecule has 1 aliphatic heterocycles. The van der Waals surface area contributed by atoms with E-state index in [1.165, 1.54) is 0 Å². The Bertz CT molecular complexity index is 882. The number of amides is 1. The third-order valence-electron chi connectivity index (χ3n) is 4.52. The molecular weight excluding hydrogens is 306 g/mol. The minimum atomic E-state index is -0.0445. The van der Waals surface area contributed by atoms with Crippen LogP contribution in [0.3, 0.4) is 0 Å². The first-order valence-corrected chi connectivity index (χ1v) is 8.21. The van der Waals surface area contributed by atoms with Crippen LogP contribution in [0.4, 0.5) is 0 Å². The highest BCUT2D eigenvalue weighted by Crippen LogP contribution is 2.34. The number of rotatable bonds is 3. The van der Waals surface area contributed by atoms with Gasteiger partial charge in [-0.05, 0) is 25.0 Å². The van der Waals surface area contributed by atoms with E-state index in [1.807, 2.05) is 23.2 Å². The fraction of sp³-hybridized carbons (Fsp3) is 0.412. The molecule has 0 aromatic carbocycles. The van der Waals surface area contributed by atoms with Gasteiger partial charge in [0, 0.05) is 24.7 Å². The highest BCUT2D eigenvalue weighted by Gasteiger charge is 2.34. The third-order valence-corrected chi connectivity index (χ3v) is 4.52. The number of carbonyl (C=O) groups excluding carboxylic acids is 1. The fourth-order valence-corrected chi connectivity index (χ4v) is 3.22. The van der Waals surface area contributed by atoms with Crippen molar-refractivity contribution in [3.63, 3.8) is 0 Å². The Morgan fingerprint density at radius 3 is 3.08 bits per heavy atom. The molecule has 24 heavy (non-hydrogen) atoms. The fourth-order valence-electron chi connectivity index (χ4n) is 3.22. The van der Waals surface area contributed by atoms with Gasteiger partial charge in [0.25, 0.3) is 5.91 Å². The van der Waals surface area contributed by atoms with E-state index in [0.717, 1.165) is 24.3 Å². The van der Waals surface area contributed by atoms with Gasteiger partial charge in [-0.25, -0.2) is 0 Å². The Hall–Kier alpha value is -2.70. The third kappa shape index (κ3) is 2.36. The van der Waals surface area contributed by atoms with Crippen molar-refractivity contribution in [1.29, 1.82) is 0 Å². The Kier molecular flexibility index (Phi) is 3.55. The van der Waals surface area contributed by atoms with Crippen LogP contribution in [-0.2, 0) is 0 Å². The lowest BCUT2D eigenvalue weighted by atomic mass is 10.1. The van der Waals surface area contributed by atoms with Gasteiger partial charge in [0.1, 0.15) is 17.8 Å². The number of carbonyl (C=O) groups is 1. The normalized spacial score (nSPS) is 18.0. The molecule has 1 amide bonds. The van der Waals surface area contributed by atoms with Gasteiger partial charge < -0.3 is 9.42 Å². The van der Waals surface area contributed by atoms with E-state index in [1.54, 1.807) is 16.8 Å². The van der Waals surface area contributed by atoms with Crippen molar-refractivity contribution < 1.29 is 9.32 Å². The molecule has 1 fully saturated rings. The summed E-state index contributed by atoms with van der Waals surface area (Å²) < 4.78 is 7.17. The van der Waals surface area contributed by atoms with Gasteiger partial charge in [0.05, 0.1) is 11.6 Å². The van der Waals surface area contributed by atoms with Gasteiger partial charge in [-0.2, -0.15) is 0 Å². The van der Waals surface area contributed by atoms with Gasteiger partial charge in [0.15, 0.2) is 5.65 Å². The van der Waals surface area contributed by atoms with Crippen LogP contribution in [0.25, 0.3) is 5.65 Å². The highest BCUT2D eigenvalue weighted by atomic mass is 16.5. The van der Waals surface area contributed by atoms with Crippen LogP contribution in [0, 0.1) is 0 Å². The van der Waals surface area contributed by atoms with Crippen LogP contribution >= 0.6 is 0 Å². The zero-order chi connectivity index (χ0) is 16.7. The molecule has 0 unspecified atom stereocenters. The average Bonchev–Trinajstić information content (AvgIpc) is 3.31. The van der Waals surface area contributed by atoms with E-state index in [9.17, 15) is 4.79 Å². The summed E-state index contributed by atoms with van der Waals surface area (Å²) in [6.07, 6.45) is 5.28. The van der Waals surface area contributed by atoms with E-state index < -0.39 is 0 Å². The van der Waals surface area contributed by atoms with Gasteiger partial charge >= 0.3 is 0 Å². The number of hydrogen-bond donors (Lipinski definition) is 0. The standard InChI is InChI=1S/C17H19N5O2/c1-11(2)15-9-13(20-24-15)14-6-4-8-22(14)17(23)12-5-3-7-21-10-18-19-16(12)21/h3,5,7,9-11,14H,4,6,8H2,1-2H3/t14-/m1/s1. The number of pyridine rings is 1. The topological polar surface area (TPSA) is 76.5 Å². The van der Waals surface area contributed by atoms with E-state index >= 15 is 0 Å². The number of nitrogens with zero attached hydrogens (tertiary/aromatic N) is 5. The monoisotopic (exact) mass is 325 g/mol. The summed E-state index contributed by atoms with van der Waals surface area (Å²) in [5.74, 6) is 1.09. The van der Waals surface area contributed by atoms with E-state index in [0.29, 0.717) is 17.8 Å². The Morgan fingerprint density at radius 1 is 1.42 bits per heavy atom. The molecule has 0 aliphatic carbocycles. The number of likely N-dealkylation sites (tertiary alicyclic amines) is 1. The van der Waals surface area contributed by atoms with Gasteiger partial charge in [-0.3, -0.25) is 9.20 Å². The molecule has 4 heterocycles. The van der Waals surface area contributed by atoms with Gasteiger partial charge in [-0.1, -0.05) is 19.0 Å². The van der Waals surface area contributed by atoms with Crippen LogP contribution in [0.5, 0.6) is 0 Å². The molecule has 0 bridgehead atoms. The first-order valence-electron chi connectivity index (χ1n) is 8.21. The molecule has 0 N–H and O–H groups in total. The lowest BCUT2D eigenvalue weighted by Crippen LogP contribution is -2.31. The molecule has 1 aliphatic rings. The quantitative estimate of drug-likeness (QED) is 0.740. The lowest BCUT2D eigenvalue weighted by Gasteiger charge is -2.23. The van der Waals surface area contributed by atoms with Crippen LogP contribution in [0.1, 0.15) is 60.5 Å². The van der Waals surface area contributed by atoms with Crippen LogP contribution < -0.4 is 0 Å². The summed E-state index contributed by atoms with van der Waals surface area (Å²) in [5.41, 5.74) is 1.98. The van der Waals surface area contributed by atoms with Crippen molar-refractivity contribution in [3.8, 4) is 0 Å². The zero-order valence-corrected chi connectivity index (χ0v) is 13.7. The highest BCUT2D eigenvalue weighted by molar-refractivity contribution is 6.00. The summed E-state index contributed by atoms with van der Waals surface area (Å²) in [5, 5.41) is 12.1. The summed E-state index contributed by atoms with van der Waals surface area (Å²) >= 11 is 0. The summed E-state index contributed by atoms with van der Waals surface area (Å²) in [6.45, 7) is 4.84. The van der Waals surface area contributed by atoms with Crippen LogP contribution in [-0.4, -0.2) is 37.1 Å². The molecule has 0 radical (unpaired) electrons. The lowest BCUT2D eigenvalue weighted by molar-refractivity contribution is 0.0732. The van der Waals surface area contributed by atoms with Crippen molar-refractivity contribution in [2.75, 3.05) is 6.54 Å². The average molecular weight is 325 g/mol.